The van der Waals surface area contributed by atoms with Crippen molar-refractivity contribution in [3.8, 4) is 0 Å². The van der Waals surface area contributed by atoms with Crippen LogP contribution in [0.25, 0.3) is 0 Å². The maximum atomic E-state index is 12.0. The Labute approximate surface area is 106 Å². The van der Waals surface area contributed by atoms with Crippen LogP contribution in [-0.4, -0.2) is 42.9 Å². The molecule has 0 aromatic heterocycles. The van der Waals surface area contributed by atoms with Crippen LogP contribution in [0.2, 0.25) is 0 Å². The van der Waals surface area contributed by atoms with E-state index in [0.717, 1.165) is 19.5 Å². The molecule has 0 saturated carbocycles. The molecule has 0 saturated heterocycles. The van der Waals surface area contributed by atoms with E-state index in [2.05, 4.69) is 5.32 Å². The molecule has 1 aliphatic heterocycles. The van der Waals surface area contributed by atoms with Gasteiger partial charge in [0.15, 0.2) is 0 Å². The molecule has 2 rings (SSSR count). The van der Waals surface area contributed by atoms with Gasteiger partial charge in [-0.3, -0.25) is 14.5 Å². The van der Waals surface area contributed by atoms with Crippen LogP contribution in [0.15, 0.2) is 24.3 Å². The number of hydrogen-bond acceptors (Lipinski definition) is 4. The average molecular weight is 247 g/mol. The van der Waals surface area contributed by atoms with E-state index >= 15 is 0 Å². The summed E-state index contributed by atoms with van der Waals surface area (Å²) in [6.07, 6.45) is 0.742. The fourth-order valence-corrected chi connectivity index (χ4v) is 2.03. The third kappa shape index (κ3) is 2.42. The Balaban J connectivity index is 1.93. The van der Waals surface area contributed by atoms with Gasteiger partial charge in [0.05, 0.1) is 11.1 Å². The van der Waals surface area contributed by atoms with Crippen LogP contribution in [-0.2, 0) is 0 Å². The van der Waals surface area contributed by atoms with Crippen LogP contribution in [0.5, 0.6) is 0 Å². The fraction of sp³-hybridized carbons (Fsp3) is 0.385. The first-order valence-corrected chi connectivity index (χ1v) is 6.11. The minimum Gasteiger partial charge on any atom is -0.329 e. The Hall–Kier alpha value is -1.72. The van der Waals surface area contributed by atoms with E-state index in [1.165, 1.54) is 4.90 Å². The molecule has 0 aliphatic carbocycles. The molecule has 1 aromatic rings. The minimum atomic E-state index is -0.186. The molecule has 18 heavy (non-hydrogen) atoms. The van der Waals surface area contributed by atoms with Crippen molar-refractivity contribution < 1.29 is 9.59 Å². The Kier molecular flexibility index (Phi) is 4.07. The van der Waals surface area contributed by atoms with E-state index in [0.29, 0.717) is 24.2 Å². The summed E-state index contributed by atoms with van der Waals surface area (Å²) < 4.78 is 0. The lowest BCUT2D eigenvalue weighted by Gasteiger charge is -2.13. The van der Waals surface area contributed by atoms with E-state index in [1.807, 2.05) is 0 Å². The Morgan fingerprint density at radius 3 is 2.22 bits per heavy atom. The van der Waals surface area contributed by atoms with Gasteiger partial charge in [0, 0.05) is 19.6 Å². The quantitative estimate of drug-likeness (QED) is 0.557. The number of hydrogen-bond donors (Lipinski definition) is 2. The van der Waals surface area contributed by atoms with Crippen LogP contribution in [0, 0.1) is 0 Å². The van der Waals surface area contributed by atoms with Crippen molar-refractivity contribution in [2.24, 2.45) is 5.73 Å². The number of nitrogens with two attached hydrogens (primary N) is 1. The summed E-state index contributed by atoms with van der Waals surface area (Å²) >= 11 is 0. The summed E-state index contributed by atoms with van der Waals surface area (Å²) in [7, 11) is 0. The molecule has 96 valence electrons. The number of benzene rings is 1. The highest BCUT2D eigenvalue weighted by Gasteiger charge is 2.34. The van der Waals surface area contributed by atoms with Crippen LogP contribution in [0.1, 0.15) is 27.1 Å². The number of rotatable bonds is 6. The van der Waals surface area contributed by atoms with Crippen LogP contribution < -0.4 is 11.1 Å². The molecular formula is C13H17N3O2. The largest absolute Gasteiger partial charge is 0.329 e. The topological polar surface area (TPSA) is 75.4 Å². The molecule has 0 bridgehead atoms. The zero-order valence-corrected chi connectivity index (χ0v) is 10.2. The first kappa shape index (κ1) is 12.7. The summed E-state index contributed by atoms with van der Waals surface area (Å²) in [6, 6.07) is 6.94. The third-order valence-electron chi connectivity index (χ3n) is 2.93. The van der Waals surface area contributed by atoms with Gasteiger partial charge in [0.25, 0.3) is 11.8 Å². The van der Waals surface area contributed by atoms with Gasteiger partial charge in [-0.1, -0.05) is 12.1 Å². The predicted molar refractivity (Wildman–Crippen MR) is 68.4 cm³/mol. The van der Waals surface area contributed by atoms with Crippen molar-refractivity contribution >= 4 is 11.8 Å². The Bertz CT molecular complexity index is 424. The number of amides is 2. The molecule has 0 unspecified atom stereocenters. The van der Waals surface area contributed by atoms with Crippen molar-refractivity contribution in [1.29, 1.82) is 0 Å². The second kappa shape index (κ2) is 5.75. The molecule has 0 atom stereocenters. The van der Waals surface area contributed by atoms with E-state index in [4.69, 9.17) is 5.73 Å². The molecule has 3 N–H and O–H groups in total. The van der Waals surface area contributed by atoms with E-state index in [1.54, 1.807) is 24.3 Å². The molecule has 5 nitrogen and oxygen atoms in total. The van der Waals surface area contributed by atoms with Crippen molar-refractivity contribution in [3.05, 3.63) is 35.4 Å². The van der Waals surface area contributed by atoms with E-state index < -0.39 is 0 Å². The normalized spacial score (nSPS) is 14.2. The van der Waals surface area contributed by atoms with Crippen LogP contribution in [0.3, 0.4) is 0 Å². The maximum absolute atomic E-state index is 12.0. The van der Waals surface area contributed by atoms with Crippen molar-refractivity contribution in [2.75, 3.05) is 26.2 Å². The zero-order valence-electron chi connectivity index (χ0n) is 10.2. The minimum absolute atomic E-state index is 0.186. The van der Waals surface area contributed by atoms with Gasteiger partial charge in [-0.2, -0.15) is 0 Å². The highest BCUT2D eigenvalue weighted by molar-refractivity contribution is 6.21. The first-order chi connectivity index (χ1) is 8.75. The van der Waals surface area contributed by atoms with E-state index in [-0.39, 0.29) is 11.8 Å². The first-order valence-electron chi connectivity index (χ1n) is 6.11. The van der Waals surface area contributed by atoms with Crippen LogP contribution in [0.4, 0.5) is 0 Å². The highest BCUT2D eigenvalue weighted by atomic mass is 16.2. The molecule has 5 heteroatoms. The fourth-order valence-electron chi connectivity index (χ4n) is 2.03. The number of nitrogens with zero attached hydrogens (tertiary/aromatic N) is 1. The van der Waals surface area contributed by atoms with E-state index in [9.17, 15) is 9.59 Å². The number of carbonyl (C=O) groups excluding carboxylic acids is 2. The van der Waals surface area contributed by atoms with Gasteiger partial charge >= 0.3 is 0 Å². The highest BCUT2D eigenvalue weighted by Crippen LogP contribution is 2.22. The summed E-state index contributed by atoms with van der Waals surface area (Å²) in [4.78, 5) is 25.3. The van der Waals surface area contributed by atoms with Crippen molar-refractivity contribution in [3.63, 3.8) is 0 Å². The second-order valence-electron chi connectivity index (χ2n) is 4.20. The number of carbonyl (C=O) groups is 2. The summed E-state index contributed by atoms with van der Waals surface area (Å²) in [5.74, 6) is -0.371. The molecule has 0 spiro atoms. The predicted octanol–water partition coefficient (Wildman–Crippen LogP) is 0.221. The molecule has 1 aromatic carbocycles. The standard InChI is InChI=1S/C13H17N3O2/c14-6-8-15-7-3-9-16-12(17)10-4-1-2-5-11(10)13(16)18/h1-2,4-5,15H,3,6-9,14H2. The van der Waals surface area contributed by atoms with Crippen molar-refractivity contribution in [2.45, 2.75) is 6.42 Å². The molecule has 1 aliphatic rings. The lowest BCUT2D eigenvalue weighted by molar-refractivity contribution is 0.0652. The lowest BCUT2D eigenvalue weighted by atomic mass is 10.1. The average Bonchev–Trinajstić information content (AvgIpc) is 2.64. The maximum Gasteiger partial charge on any atom is 0.261 e. The van der Waals surface area contributed by atoms with Gasteiger partial charge in [-0.05, 0) is 25.1 Å². The smallest absolute Gasteiger partial charge is 0.261 e. The number of nitrogens with one attached hydrogen (secondary N) is 1. The lowest BCUT2D eigenvalue weighted by Crippen LogP contribution is -2.33. The Morgan fingerprint density at radius 1 is 1.06 bits per heavy atom. The number of fused-ring (bicyclic) bond motifs is 1. The number of imide groups is 1. The summed E-state index contributed by atoms with van der Waals surface area (Å²) in [5, 5.41) is 3.14. The van der Waals surface area contributed by atoms with Gasteiger partial charge in [0.1, 0.15) is 0 Å². The van der Waals surface area contributed by atoms with Crippen molar-refractivity contribution in [1.82, 2.24) is 10.2 Å². The van der Waals surface area contributed by atoms with Gasteiger partial charge < -0.3 is 11.1 Å². The summed E-state index contributed by atoms with van der Waals surface area (Å²) in [6.45, 7) is 2.55. The Morgan fingerprint density at radius 2 is 1.67 bits per heavy atom. The van der Waals surface area contributed by atoms with Gasteiger partial charge in [0.2, 0.25) is 0 Å². The second-order valence-corrected chi connectivity index (χ2v) is 4.20. The third-order valence-corrected chi connectivity index (χ3v) is 2.93. The molecular weight excluding hydrogens is 230 g/mol. The monoisotopic (exact) mass is 247 g/mol. The summed E-state index contributed by atoms with van der Waals surface area (Å²) in [5.41, 5.74) is 6.38. The van der Waals surface area contributed by atoms with Crippen LogP contribution >= 0.6 is 0 Å². The molecule has 0 radical (unpaired) electrons. The van der Waals surface area contributed by atoms with Gasteiger partial charge in [-0.15, -0.1) is 0 Å². The molecule has 1 heterocycles. The SMILES string of the molecule is NCCNCCCN1C(=O)c2ccccc2C1=O. The van der Waals surface area contributed by atoms with Gasteiger partial charge in [-0.25, -0.2) is 0 Å². The zero-order chi connectivity index (χ0) is 13.0. The molecule has 0 fully saturated rings. The molecule has 2 amide bonds.